The first-order chi connectivity index (χ1) is 5.61. The van der Waals surface area contributed by atoms with E-state index in [-0.39, 0.29) is 4.47 Å². The molecule has 0 aliphatic heterocycles. The first-order valence-electron chi connectivity index (χ1n) is 3.00. The van der Waals surface area contributed by atoms with Crippen LogP contribution < -0.4 is 4.74 Å². The van der Waals surface area contributed by atoms with Crippen molar-refractivity contribution in [2.24, 2.45) is 0 Å². The Morgan fingerprint density at radius 3 is 2.58 bits per heavy atom. The van der Waals surface area contributed by atoms with Crippen molar-refractivity contribution in [3.8, 4) is 5.75 Å². The highest BCUT2D eigenvalue weighted by atomic mass is 79.9. The van der Waals surface area contributed by atoms with E-state index in [1.54, 1.807) is 0 Å². The molecule has 0 fully saturated rings. The van der Waals surface area contributed by atoms with E-state index in [9.17, 15) is 13.2 Å². The molecule has 1 rings (SSSR count). The van der Waals surface area contributed by atoms with Crippen molar-refractivity contribution in [3.05, 3.63) is 28.5 Å². The van der Waals surface area contributed by atoms with Crippen molar-refractivity contribution in [1.29, 1.82) is 0 Å². The first-order valence-corrected chi connectivity index (χ1v) is 3.79. The molecule has 0 saturated carbocycles. The minimum absolute atomic E-state index is 0.0978. The van der Waals surface area contributed by atoms with E-state index in [1.165, 1.54) is 12.1 Å². The molecule has 0 spiro atoms. The summed E-state index contributed by atoms with van der Waals surface area (Å²) < 4.78 is 40.1. The van der Waals surface area contributed by atoms with Gasteiger partial charge in [-0.1, -0.05) is 6.07 Å². The molecule has 1 aromatic carbocycles. The lowest BCUT2D eigenvalue weighted by Crippen LogP contribution is -2.03. The van der Waals surface area contributed by atoms with Gasteiger partial charge in [0, 0.05) is 0 Å². The molecular weight excluding hydrogens is 237 g/mol. The Morgan fingerprint density at radius 2 is 2.00 bits per heavy atom. The average molecular weight is 241 g/mol. The average Bonchev–Trinajstić information content (AvgIpc) is 1.98. The van der Waals surface area contributed by atoms with Crippen LogP contribution >= 0.6 is 15.9 Å². The van der Waals surface area contributed by atoms with Gasteiger partial charge in [0.1, 0.15) is 0 Å². The Kier molecular flexibility index (Phi) is 2.97. The molecule has 66 valence electrons. The van der Waals surface area contributed by atoms with Crippen molar-refractivity contribution < 1.29 is 17.9 Å². The van der Waals surface area contributed by atoms with Gasteiger partial charge in [-0.15, -0.1) is 0 Å². The van der Waals surface area contributed by atoms with Crippen molar-refractivity contribution in [2.45, 2.75) is 6.61 Å². The van der Waals surface area contributed by atoms with Crippen LogP contribution in [0.5, 0.6) is 5.75 Å². The maximum Gasteiger partial charge on any atom is 0.387 e. The fraction of sp³-hybridized carbons (Fsp3) is 0.143. The van der Waals surface area contributed by atoms with Gasteiger partial charge < -0.3 is 4.74 Å². The summed E-state index contributed by atoms with van der Waals surface area (Å²) >= 11 is 2.84. The van der Waals surface area contributed by atoms with Gasteiger partial charge in [0.2, 0.25) is 0 Å². The molecule has 0 amide bonds. The third-order valence-electron chi connectivity index (χ3n) is 1.13. The number of ether oxygens (including phenoxy) is 1. The van der Waals surface area contributed by atoms with Crippen LogP contribution in [0.4, 0.5) is 13.2 Å². The Labute approximate surface area is 75.3 Å². The zero-order valence-electron chi connectivity index (χ0n) is 5.73. The Morgan fingerprint density at radius 1 is 1.33 bits per heavy atom. The second-order valence-corrected chi connectivity index (χ2v) is 2.78. The third kappa shape index (κ3) is 2.14. The van der Waals surface area contributed by atoms with Crippen LogP contribution in [0.3, 0.4) is 0 Å². The fourth-order valence-electron chi connectivity index (χ4n) is 0.671. The van der Waals surface area contributed by atoms with Crippen molar-refractivity contribution in [2.75, 3.05) is 0 Å². The number of alkyl halides is 2. The van der Waals surface area contributed by atoms with Gasteiger partial charge in [0.15, 0.2) is 11.6 Å². The van der Waals surface area contributed by atoms with Gasteiger partial charge in [-0.2, -0.15) is 8.78 Å². The van der Waals surface area contributed by atoms with Gasteiger partial charge in [0.05, 0.1) is 4.47 Å². The molecule has 0 radical (unpaired) electrons. The largest absolute Gasteiger partial charge is 0.432 e. The fourth-order valence-corrected chi connectivity index (χ4v) is 1.02. The quantitative estimate of drug-likeness (QED) is 0.772. The highest BCUT2D eigenvalue weighted by Gasteiger charge is 2.11. The summed E-state index contributed by atoms with van der Waals surface area (Å²) in [6.07, 6.45) is 0. The maximum absolute atomic E-state index is 12.9. The van der Waals surface area contributed by atoms with Gasteiger partial charge >= 0.3 is 6.61 Å². The molecular formula is C7H4BrF3O. The molecule has 1 nitrogen and oxygen atoms in total. The minimum Gasteiger partial charge on any atom is -0.432 e. The second-order valence-electron chi connectivity index (χ2n) is 1.93. The molecule has 0 heterocycles. The molecule has 0 N–H and O–H groups in total. The smallest absolute Gasteiger partial charge is 0.387 e. The van der Waals surface area contributed by atoms with Crippen molar-refractivity contribution in [1.82, 2.24) is 0 Å². The molecule has 12 heavy (non-hydrogen) atoms. The first kappa shape index (κ1) is 9.38. The molecule has 5 heteroatoms. The van der Waals surface area contributed by atoms with E-state index in [2.05, 4.69) is 20.7 Å². The SMILES string of the molecule is Fc1c(Br)cccc1OC(F)F. The van der Waals surface area contributed by atoms with Crippen LogP contribution in [0.2, 0.25) is 0 Å². The van der Waals surface area contributed by atoms with E-state index in [0.717, 1.165) is 6.07 Å². The molecule has 0 aliphatic carbocycles. The van der Waals surface area contributed by atoms with E-state index >= 15 is 0 Å². The highest BCUT2D eigenvalue weighted by molar-refractivity contribution is 9.10. The number of halogens is 4. The standard InChI is InChI=1S/C7H4BrF3O/c8-4-2-1-3-5(6(4)9)12-7(10)11/h1-3,7H. The lowest BCUT2D eigenvalue weighted by molar-refractivity contribution is -0.0522. The second kappa shape index (κ2) is 3.80. The van der Waals surface area contributed by atoms with Crippen LogP contribution in [0.25, 0.3) is 0 Å². The third-order valence-corrected chi connectivity index (χ3v) is 1.74. The summed E-state index contributed by atoms with van der Waals surface area (Å²) in [4.78, 5) is 0. The van der Waals surface area contributed by atoms with Gasteiger partial charge in [0.25, 0.3) is 0 Å². The predicted octanol–water partition coefficient (Wildman–Crippen LogP) is 3.19. The molecule has 0 aromatic heterocycles. The lowest BCUT2D eigenvalue weighted by atomic mass is 10.3. The molecule has 0 atom stereocenters. The molecule has 0 bridgehead atoms. The summed E-state index contributed by atoms with van der Waals surface area (Å²) in [5.74, 6) is -1.28. The Hall–Kier alpha value is -0.710. The lowest BCUT2D eigenvalue weighted by Gasteiger charge is -2.05. The molecule has 0 saturated heterocycles. The highest BCUT2D eigenvalue weighted by Crippen LogP contribution is 2.25. The van der Waals surface area contributed by atoms with Crippen molar-refractivity contribution in [3.63, 3.8) is 0 Å². The maximum atomic E-state index is 12.9. The summed E-state index contributed by atoms with van der Waals surface area (Å²) in [5.41, 5.74) is 0. The summed E-state index contributed by atoms with van der Waals surface area (Å²) in [5, 5.41) is 0. The monoisotopic (exact) mass is 240 g/mol. The minimum atomic E-state index is -3.01. The number of hydrogen-bond donors (Lipinski definition) is 0. The predicted molar refractivity (Wildman–Crippen MR) is 40.7 cm³/mol. The number of hydrogen-bond acceptors (Lipinski definition) is 1. The Balaban J connectivity index is 2.92. The van der Waals surface area contributed by atoms with E-state index < -0.39 is 18.2 Å². The summed E-state index contributed by atoms with van der Waals surface area (Å²) in [7, 11) is 0. The van der Waals surface area contributed by atoms with Gasteiger partial charge in [-0.05, 0) is 28.1 Å². The van der Waals surface area contributed by atoms with Crippen LogP contribution in [0.1, 0.15) is 0 Å². The normalized spacial score (nSPS) is 10.4. The Bertz CT molecular complexity index is 277. The van der Waals surface area contributed by atoms with E-state index in [4.69, 9.17) is 0 Å². The molecule has 1 aromatic rings. The molecule has 0 aliphatic rings. The van der Waals surface area contributed by atoms with E-state index in [0.29, 0.717) is 0 Å². The number of rotatable bonds is 2. The van der Waals surface area contributed by atoms with Crippen LogP contribution in [-0.2, 0) is 0 Å². The van der Waals surface area contributed by atoms with Gasteiger partial charge in [-0.25, -0.2) is 4.39 Å². The van der Waals surface area contributed by atoms with E-state index in [1.807, 2.05) is 0 Å². The zero-order chi connectivity index (χ0) is 9.14. The van der Waals surface area contributed by atoms with Crippen LogP contribution in [0.15, 0.2) is 22.7 Å². The number of benzene rings is 1. The van der Waals surface area contributed by atoms with Crippen LogP contribution in [-0.4, -0.2) is 6.61 Å². The zero-order valence-corrected chi connectivity index (χ0v) is 7.32. The summed E-state index contributed by atoms with van der Waals surface area (Å²) in [6, 6.07) is 3.94. The topological polar surface area (TPSA) is 9.23 Å². The van der Waals surface area contributed by atoms with Crippen molar-refractivity contribution >= 4 is 15.9 Å². The van der Waals surface area contributed by atoms with Crippen LogP contribution in [0, 0.1) is 5.82 Å². The van der Waals surface area contributed by atoms with Gasteiger partial charge in [-0.3, -0.25) is 0 Å². The molecule has 0 unspecified atom stereocenters. The summed E-state index contributed by atoms with van der Waals surface area (Å²) in [6.45, 7) is -3.01.